The van der Waals surface area contributed by atoms with Crippen molar-refractivity contribution in [3.8, 4) is 23.6 Å². The summed E-state index contributed by atoms with van der Waals surface area (Å²) in [6, 6.07) is 8.25. The average Bonchev–Trinajstić information content (AvgIpc) is 2.51. The molecule has 0 saturated carbocycles. The summed E-state index contributed by atoms with van der Waals surface area (Å²) in [5.41, 5.74) is -1.41. The molecule has 124 valence electrons. The van der Waals surface area contributed by atoms with Crippen LogP contribution in [0.1, 0.15) is 38.0 Å². The Balaban J connectivity index is 2.12. The third kappa shape index (κ3) is 2.51. The van der Waals surface area contributed by atoms with Crippen molar-refractivity contribution in [2.24, 2.45) is 0 Å². The number of aromatic hydroxyl groups is 1. The number of hydrogen-bond donors (Lipinski definition) is 2. The smallest absolute Gasteiger partial charge is 0.220 e. The van der Waals surface area contributed by atoms with Gasteiger partial charge < -0.3 is 19.7 Å². The first-order valence-corrected chi connectivity index (χ1v) is 7.38. The van der Waals surface area contributed by atoms with Gasteiger partial charge in [0.2, 0.25) is 11.8 Å². The zero-order chi connectivity index (χ0) is 17.5. The fourth-order valence-corrected chi connectivity index (χ4v) is 2.61. The molecule has 7 heteroatoms. The van der Waals surface area contributed by atoms with Gasteiger partial charge in [-0.15, -0.1) is 0 Å². The summed E-state index contributed by atoms with van der Waals surface area (Å²) in [7, 11) is 0. The molecule has 3 rings (SSSR count). The van der Waals surface area contributed by atoms with Crippen LogP contribution in [0.25, 0.3) is 0 Å². The molecule has 0 radical (unpaired) electrons. The highest BCUT2D eigenvalue weighted by atomic mass is 16.6. The van der Waals surface area contributed by atoms with Crippen molar-refractivity contribution in [1.82, 2.24) is 9.97 Å². The maximum atomic E-state index is 11.1. The third-order valence-corrected chi connectivity index (χ3v) is 4.38. The van der Waals surface area contributed by atoms with Crippen LogP contribution in [0.15, 0.2) is 30.6 Å². The van der Waals surface area contributed by atoms with Gasteiger partial charge in [0.15, 0.2) is 6.10 Å². The van der Waals surface area contributed by atoms with Crippen molar-refractivity contribution in [2.45, 2.75) is 38.1 Å². The number of benzene rings is 1. The predicted octanol–water partition coefficient (Wildman–Crippen LogP) is 2.10. The predicted molar refractivity (Wildman–Crippen MR) is 83.6 cm³/mol. The molecule has 2 heterocycles. The van der Waals surface area contributed by atoms with Crippen molar-refractivity contribution in [1.29, 1.82) is 5.26 Å². The van der Waals surface area contributed by atoms with Crippen LogP contribution in [0.3, 0.4) is 0 Å². The topological polar surface area (TPSA) is 108 Å². The number of nitrogens with zero attached hydrogens (tertiary/aromatic N) is 3. The summed E-state index contributed by atoms with van der Waals surface area (Å²) >= 11 is 0. The summed E-state index contributed by atoms with van der Waals surface area (Å²) in [6.45, 7) is 5.10. The Kier molecular flexibility index (Phi) is 3.57. The number of nitriles is 1. The first-order valence-electron chi connectivity index (χ1n) is 7.38. The van der Waals surface area contributed by atoms with E-state index in [-0.39, 0.29) is 11.8 Å². The second kappa shape index (κ2) is 5.35. The molecule has 1 aliphatic heterocycles. The summed E-state index contributed by atoms with van der Waals surface area (Å²) in [6.07, 6.45) is 0.315. The lowest BCUT2D eigenvalue weighted by atomic mass is 9.77. The van der Waals surface area contributed by atoms with Gasteiger partial charge in [-0.25, -0.2) is 9.97 Å². The zero-order valence-electron chi connectivity index (χ0n) is 13.5. The van der Waals surface area contributed by atoms with Gasteiger partial charge in [-0.1, -0.05) is 0 Å². The lowest BCUT2D eigenvalue weighted by Crippen LogP contribution is -2.59. The van der Waals surface area contributed by atoms with Crippen LogP contribution >= 0.6 is 0 Å². The Labute approximate surface area is 139 Å². The first-order chi connectivity index (χ1) is 11.2. The SMILES string of the molecule is CC1(C)Oc2ccc(C#N)cc2C(Oc2cc(O)ncn2)C1(C)O. The number of fused-ring (bicyclic) bond motifs is 1. The third-order valence-electron chi connectivity index (χ3n) is 4.38. The second-order valence-electron chi connectivity index (χ2n) is 6.34. The van der Waals surface area contributed by atoms with Crippen LogP contribution in [-0.2, 0) is 0 Å². The fraction of sp³-hybridized carbons (Fsp3) is 0.353. The standard InChI is InChI=1S/C17H17N3O4/c1-16(2)17(3,22)15(23-14-7-13(21)19-9-20-14)11-6-10(8-18)4-5-12(11)24-16/h4-7,9,15,22H,1-3H3,(H,19,20,21). The van der Waals surface area contributed by atoms with E-state index in [1.807, 2.05) is 0 Å². The molecule has 1 aromatic heterocycles. The number of hydrogen-bond acceptors (Lipinski definition) is 7. The van der Waals surface area contributed by atoms with E-state index in [1.165, 1.54) is 6.07 Å². The zero-order valence-corrected chi connectivity index (χ0v) is 13.5. The van der Waals surface area contributed by atoms with Gasteiger partial charge in [-0.2, -0.15) is 5.26 Å². The van der Waals surface area contributed by atoms with Gasteiger partial charge in [0.25, 0.3) is 0 Å². The molecule has 0 aliphatic carbocycles. The molecule has 2 unspecified atom stereocenters. The number of ether oxygens (including phenoxy) is 2. The number of aromatic nitrogens is 2. The van der Waals surface area contributed by atoms with Crippen molar-refractivity contribution >= 4 is 0 Å². The Morgan fingerprint density at radius 1 is 1.25 bits per heavy atom. The lowest BCUT2D eigenvalue weighted by molar-refractivity contribution is -0.175. The van der Waals surface area contributed by atoms with Crippen molar-refractivity contribution < 1.29 is 19.7 Å². The highest BCUT2D eigenvalue weighted by Crippen LogP contribution is 2.48. The molecule has 2 atom stereocenters. The normalized spacial score (nSPS) is 24.4. The van der Waals surface area contributed by atoms with E-state index in [0.29, 0.717) is 16.9 Å². The van der Waals surface area contributed by atoms with E-state index in [1.54, 1.807) is 39.0 Å². The molecule has 0 fully saturated rings. The lowest BCUT2D eigenvalue weighted by Gasteiger charge is -2.48. The van der Waals surface area contributed by atoms with E-state index < -0.39 is 17.3 Å². The fourth-order valence-electron chi connectivity index (χ4n) is 2.61. The molecular weight excluding hydrogens is 310 g/mol. The van der Waals surface area contributed by atoms with Gasteiger partial charge in [-0.3, -0.25) is 0 Å². The van der Waals surface area contributed by atoms with Gasteiger partial charge in [-0.05, 0) is 39.0 Å². The highest BCUT2D eigenvalue weighted by molar-refractivity contribution is 5.47. The molecule has 0 spiro atoms. The van der Waals surface area contributed by atoms with Crippen LogP contribution in [0.5, 0.6) is 17.5 Å². The van der Waals surface area contributed by atoms with Gasteiger partial charge in [0, 0.05) is 5.56 Å². The Hall–Kier alpha value is -2.85. The monoisotopic (exact) mass is 327 g/mol. The first kappa shape index (κ1) is 16.0. The van der Waals surface area contributed by atoms with E-state index >= 15 is 0 Å². The summed E-state index contributed by atoms with van der Waals surface area (Å²) < 4.78 is 11.8. The molecule has 0 amide bonds. The van der Waals surface area contributed by atoms with Crippen LogP contribution < -0.4 is 9.47 Å². The molecular formula is C17H17N3O4. The van der Waals surface area contributed by atoms with Crippen molar-refractivity contribution in [3.63, 3.8) is 0 Å². The molecule has 7 nitrogen and oxygen atoms in total. The molecule has 24 heavy (non-hydrogen) atoms. The van der Waals surface area contributed by atoms with Gasteiger partial charge in [0.05, 0.1) is 17.7 Å². The number of rotatable bonds is 2. The van der Waals surface area contributed by atoms with E-state index in [9.17, 15) is 10.2 Å². The Morgan fingerprint density at radius 2 is 2.00 bits per heavy atom. The second-order valence-corrected chi connectivity index (χ2v) is 6.34. The molecule has 1 aliphatic rings. The minimum atomic E-state index is -1.42. The maximum Gasteiger partial charge on any atom is 0.220 e. The maximum absolute atomic E-state index is 11.1. The largest absolute Gasteiger partial charge is 0.493 e. The summed E-state index contributed by atoms with van der Waals surface area (Å²) in [5.74, 6) is 0.393. The minimum Gasteiger partial charge on any atom is -0.493 e. The van der Waals surface area contributed by atoms with Gasteiger partial charge in [0.1, 0.15) is 23.3 Å². The molecule has 0 bridgehead atoms. The van der Waals surface area contributed by atoms with Crippen LogP contribution in [0, 0.1) is 11.3 Å². The van der Waals surface area contributed by atoms with E-state index in [4.69, 9.17) is 14.7 Å². The quantitative estimate of drug-likeness (QED) is 0.869. The van der Waals surface area contributed by atoms with Crippen molar-refractivity contribution in [3.05, 3.63) is 41.7 Å². The van der Waals surface area contributed by atoms with Crippen LogP contribution in [0.4, 0.5) is 0 Å². The highest BCUT2D eigenvalue weighted by Gasteiger charge is 2.54. The van der Waals surface area contributed by atoms with E-state index in [0.717, 1.165) is 6.33 Å². The summed E-state index contributed by atoms with van der Waals surface area (Å²) in [4.78, 5) is 7.56. The molecule has 0 saturated heterocycles. The minimum absolute atomic E-state index is 0.110. The van der Waals surface area contributed by atoms with E-state index in [2.05, 4.69) is 16.0 Å². The molecule has 2 aromatic rings. The van der Waals surface area contributed by atoms with Gasteiger partial charge >= 0.3 is 0 Å². The Morgan fingerprint density at radius 3 is 2.67 bits per heavy atom. The van der Waals surface area contributed by atoms with Crippen LogP contribution in [-0.4, -0.2) is 31.4 Å². The molecule has 1 aromatic carbocycles. The molecule has 2 N–H and O–H groups in total. The summed E-state index contributed by atoms with van der Waals surface area (Å²) in [5, 5.41) is 29.7. The Bertz CT molecular complexity index is 827. The van der Waals surface area contributed by atoms with Crippen LogP contribution in [0.2, 0.25) is 0 Å². The van der Waals surface area contributed by atoms with Crippen molar-refractivity contribution in [2.75, 3.05) is 0 Å². The number of aliphatic hydroxyl groups is 1. The average molecular weight is 327 g/mol.